The molecule has 0 amide bonds. The molecule has 1 aliphatic heterocycles. The molecule has 22 heavy (non-hydrogen) atoms. The maximum atomic E-state index is 11.5. The van der Waals surface area contributed by atoms with Crippen molar-refractivity contribution in [3.8, 4) is 0 Å². The minimum Gasteiger partial charge on any atom is -0.382 e. The monoisotopic (exact) mass is 338 g/mol. The molecule has 7 heteroatoms. The Balaban J connectivity index is 1.75. The number of hydrogen-bond donors (Lipinski definition) is 2. The number of nitrogens with one attached hydrogen (secondary N) is 2. The largest absolute Gasteiger partial charge is 0.382 e. The van der Waals surface area contributed by atoms with E-state index in [-0.39, 0.29) is 10.6 Å². The van der Waals surface area contributed by atoms with Gasteiger partial charge in [0.25, 0.3) is 5.56 Å². The zero-order chi connectivity index (χ0) is 15.5. The normalized spacial score (nSPS) is 22.6. The van der Waals surface area contributed by atoms with Gasteiger partial charge in [0, 0.05) is 17.5 Å². The van der Waals surface area contributed by atoms with E-state index >= 15 is 0 Å². The Hall–Kier alpha value is -1.37. The van der Waals surface area contributed by atoms with E-state index < -0.39 is 0 Å². The molecule has 3 heterocycles. The number of nitrogens with zero attached hydrogens (tertiary/aromatic N) is 2. The maximum absolute atomic E-state index is 11.5. The first-order valence-corrected chi connectivity index (χ1v) is 8.63. The third-order valence-corrected chi connectivity index (χ3v) is 5.51. The average Bonchev–Trinajstić information content (AvgIpc) is 3.02. The fraction of sp³-hybridized carbons (Fsp3) is 0.467. The van der Waals surface area contributed by atoms with Crippen LogP contribution in [0.15, 0.2) is 28.5 Å². The quantitative estimate of drug-likeness (QED) is 0.899. The summed E-state index contributed by atoms with van der Waals surface area (Å²) in [6.07, 6.45) is 3.91. The number of rotatable bonds is 4. The molecule has 5 nitrogen and oxygen atoms in total. The first-order chi connectivity index (χ1) is 10.7. The van der Waals surface area contributed by atoms with Crippen molar-refractivity contribution in [3.05, 3.63) is 44.0 Å². The van der Waals surface area contributed by atoms with Crippen LogP contribution in [0.5, 0.6) is 0 Å². The van der Waals surface area contributed by atoms with Gasteiger partial charge in [0.2, 0.25) is 0 Å². The first kappa shape index (κ1) is 15.5. The number of anilines is 1. The average molecular weight is 339 g/mol. The summed E-state index contributed by atoms with van der Waals surface area (Å²) in [6, 6.07) is 4.71. The van der Waals surface area contributed by atoms with Crippen LogP contribution in [0.4, 0.5) is 5.69 Å². The Bertz CT molecular complexity index is 672. The topological polar surface area (TPSA) is 61.0 Å². The summed E-state index contributed by atoms with van der Waals surface area (Å²) in [7, 11) is 2.18. The van der Waals surface area contributed by atoms with Crippen LogP contribution >= 0.6 is 22.9 Å². The molecule has 0 spiro atoms. The zero-order valence-electron chi connectivity index (χ0n) is 12.4. The van der Waals surface area contributed by atoms with Gasteiger partial charge in [0.1, 0.15) is 5.02 Å². The molecule has 0 bridgehead atoms. The molecule has 1 saturated heterocycles. The van der Waals surface area contributed by atoms with Crippen LogP contribution in [0.2, 0.25) is 5.02 Å². The number of thiophene rings is 1. The zero-order valence-corrected chi connectivity index (χ0v) is 14.0. The predicted molar refractivity (Wildman–Crippen MR) is 90.8 cm³/mol. The molecular formula is C15H19ClN4OS. The van der Waals surface area contributed by atoms with Gasteiger partial charge in [-0.2, -0.15) is 5.10 Å². The van der Waals surface area contributed by atoms with Gasteiger partial charge in [-0.1, -0.05) is 17.7 Å². The van der Waals surface area contributed by atoms with Crippen molar-refractivity contribution >= 4 is 28.6 Å². The van der Waals surface area contributed by atoms with Gasteiger partial charge in [-0.3, -0.25) is 9.69 Å². The van der Waals surface area contributed by atoms with E-state index in [9.17, 15) is 4.79 Å². The summed E-state index contributed by atoms with van der Waals surface area (Å²) in [5, 5.41) is 11.7. The second kappa shape index (κ2) is 6.81. The summed E-state index contributed by atoms with van der Waals surface area (Å²) in [5.41, 5.74) is 0.241. The number of piperidine rings is 1. The molecule has 2 aromatic heterocycles. The van der Waals surface area contributed by atoms with E-state index in [4.69, 9.17) is 11.6 Å². The lowest BCUT2D eigenvalue weighted by Crippen LogP contribution is -2.38. The van der Waals surface area contributed by atoms with Crippen molar-refractivity contribution in [1.82, 2.24) is 15.1 Å². The fourth-order valence-corrected chi connectivity index (χ4v) is 4.27. The highest BCUT2D eigenvalue weighted by Gasteiger charge is 2.31. The van der Waals surface area contributed by atoms with Gasteiger partial charge in [-0.25, -0.2) is 5.10 Å². The number of likely N-dealkylation sites (tertiary alicyclic amines) is 1. The van der Waals surface area contributed by atoms with Crippen molar-refractivity contribution in [2.75, 3.05) is 25.5 Å². The minimum absolute atomic E-state index is 0.173. The Kier molecular flexibility index (Phi) is 4.81. The van der Waals surface area contributed by atoms with E-state index in [0.29, 0.717) is 17.6 Å². The number of halogens is 1. The smallest absolute Gasteiger partial charge is 0.285 e. The highest BCUT2D eigenvalue weighted by atomic mass is 35.5. The molecule has 0 aliphatic carbocycles. The van der Waals surface area contributed by atoms with Gasteiger partial charge < -0.3 is 5.32 Å². The van der Waals surface area contributed by atoms with Crippen molar-refractivity contribution in [2.24, 2.45) is 5.92 Å². The van der Waals surface area contributed by atoms with E-state index in [0.717, 1.165) is 19.5 Å². The number of H-pyrrole nitrogens is 1. The molecule has 0 radical (unpaired) electrons. The molecule has 0 saturated carbocycles. The Morgan fingerprint density at radius 1 is 1.59 bits per heavy atom. The fourth-order valence-electron chi connectivity index (χ4n) is 3.13. The number of hydrogen-bond acceptors (Lipinski definition) is 5. The molecular weight excluding hydrogens is 320 g/mol. The maximum Gasteiger partial charge on any atom is 0.285 e. The molecule has 2 atom stereocenters. The van der Waals surface area contributed by atoms with E-state index in [2.05, 4.69) is 45.0 Å². The Morgan fingerprint density at radius 2 is 2.45 bits per heavy atom. The number of aromatic nitrogens is 2. The Morgan fingerprint density at radius 3 is 3.23 bits per heavy atom. The molecule has 118 valence electrons. The van der Waals surface area contributed by atoms with Crippen LogP contribution < -0.4 is 10.9 Å². The molecule has 2 aromatic rings. The van der Waals surface area contributed by atoms with Gasteiger partial charge in [-0.15, -0.1) is 11.3 Å². The van der Waals surface area contributed by atoms with Crippen LogP contribution in [-0.4, -0.2) is 35.2 Å². The summed E-state index contributed by atoms with van der Waals surface area (Å²) in [5.74, 6) is 0.479. The van der Waals surface area contributed by atoms with Crippen molar-refractivity contribution in [2.45, 2.75) is 18.9 Å². The molecule has 0 aromatic carbocycles. The second-order valence-corrected chi connectivity index (χ2v) is 7.01. The van der Waals surface area contributed by atoms with Gasteiger partial charge in [0.05, 0.1) is 11.9 Å². The molecule has 0 unspecified atom stereocenters. The second-order valence-electron chi connectivity index (χ2n) is 5.65. The van der Waals surface area contributed by atoms with Crippen LogP contribution in [-0.2, 0) is 0 Å². The van der Waals surface area contributed by atoms with Crippen molar-refractivity contribution in [1.29, 1.82) is 0 Å². The molecule has 2 N–H and O–H groups in total. The third kappa shape index (κ3) is 3.19. The van der Waals surface area contributed by atoms with Crippen LogP contribution in [0, 0.1) is 5.92 Å². The van der Waals surface area contributed by atoms with Gasteiger partial charge in [-0.05, 0) is 43.8 Å². The minimum atomic E-state index is -0.359. The van der Waals surface area contributed by atoms with Gasteiger partial charge >= 0.3 is 0 Å². The summed E-state index contributed by atoms with van der Waals surface area (Å²) in [4.78, 5) is 15.3. The summed E-state index contributed by atoms with van der Waals surface area (Å²) >= 11 is 7.82. The third-order valence-electron chi connectivity index (χ3n) is 4.19. The van der Waals surface area contributed by atoms with Crippen LogP contribution in [0.3, 0.4) is 0 Å². The number of aromatic amines is 1. The predicted octanol–water partition coefficient (Wildman–Crippen LogP) is 2.98. The van der Waals surface area contributed by atoms with E-state index in [1.165, 1.54) is 11.3 Å². The first-order valence-electron chi connectivity index (χ1n) is 7.37. The highest BCUT2D eigenvalue weighted by molar-refractivity contribution is 7.10. The van der Waals surface area contributed by atoms with Crippen LogP contribution in [0.25, 0.3) is 0 Å². The SMILES string of the molecule is CN1CCC[C@H](CNc2cn[nH]c(=O)c2Cl)[C@@H]1c1cccs1. The van der Waals surface area contributed by atoms with Crippen molar-refractivity contribution < 1.29 is 0 Å². The molecule has 1 aliphatic rings. The summed E-state index contributed by atoms with van der Waals surface area (Å²) in [6.45, 7) is 1.89. The molecule has 1 fully saturated rings. The van der Waals surface area contributed by atoms with E-state index in [1.54, 1.807) is 17.5 Å². The van der Waals surface area contributed by atoms with Crippen LogP contribution in [0.1, 0.15) is 23.8 Å². The highest BCUT2D eigenvalue weighted by Crippen LogP contribution is 2.37. The lowest BCUT2D eigenvalue weighted by molar-refractivity contribution is 0.130. The Labute approximate surface area is 138 Å². The van der Waals surface area contributed by atoms with Crippen molar-refractivity contribution in [3.63, 3.8) is 0 Å². The summed E-state index contributed by atoms with van der Waals surface area (Å²) < 4.78 is 0. The lowest BCUT2D eigenvalue weighted by Gasteiger charge is -2.39. The van der Waals surface area contributed by atoms with E-state index in [1.807, 2.05) is 0 Å². The molecule has 3 rings (SSSR count). The standard InChI is InChI=1S/C15H19ClN4OS/c1-20-6-2-4-10(14(20)12-5-3-7-22-12)8-17-11-9-18-19-15(21)13(11)16/h3,5,7,9-10,14H,2,4,6,8H2,1H3,(H2,17,19,21)/t10-,14-/m1/s1. The lowest BCUT2D eigenvalue weighted by atomic mass is 9.88. The van der Waals surface area contributed by atoms with Gasteiger partial charge in [0.15, 0.2) is 0 Å².